The van der Waals surface area contributed by atoms with E-state index >= 15 is 0 Å². The van der Waals surface area contributed by atoms with Crippen molar-refractivity contribution in [2.75, 3.05) is 5.73 Å². The van der Waals surface area contributed by atoms with Crippen LogP contribution in [0.3, 0.4) is 0 Å². The summed E-state index contributed by atoms with van der Waals surface area (Å²) in [6.45, 7) is 2.19. The summed E-state index contributed by atoms with van der Waals surface area (Å²) < 4.78 is 0. The van der Waals surface area contributed by atoms with Gasteiger partial charge in [-0.3, -0.25) is 4.79 Å². The molecule has 2 unspecified atom stereocenters. The van der Waals surface area contributed by atoms with E-state index in [0.29, 0.717) is 11.6 Å². The minimum Gasteiger partial charge on any atom is -0.398 e. The van der Waals surface area contributed by atoms with Gasteiger partial charge in [-0.2, -0.15) is 0 Å². The van der Waals surface area contributed by atoms with Crippen molar-refractivity contribution in [3.63, 3.8) is 0 Å². The van der Waals surface area contributed by atoms with Crippen LogP contribution in [0.2, 0.25) is 0 Å². The molecule has 0 spiro atoms. The summed E-state index contributed by atoms with van der Waals surface area (Å²) in [7, 11) is 0. The zero-order valence-electron chi connectivity index (χ0n) is 10.5. The molecule has 17 heavy (non-hydrogen) atoms. The molecular weight excluding hydrogens is 210 g/mol. The highest BCUT2D eigenvalue weighted by Gasteiger charge is 2.30. The molecule has 1 aromatic carbocycles. The molecule has 0 aromatic heterocycles. The van der Waals surface area contributed by atoms with Gasteiger partial charge in [-0.15, -0.1) is 0 Å². The Morgan fingerprint density at radius 3 is 2.71 bits per heavy atom. The monoisotopic (exact) mass is 231 g/mol. The first kappa shape index (κ1) is 12.2. The Labute approximate surface area is 103 Å². The highest BCUT2D eigenvalue weighted by molar-refractivity contribution is 6.02. The molecule has 0 amide bonds. The van der Waals surface area contributed by atoms with Crippen molar-refractivity contribution in [3.8, 4) is 0 Å². The highest BCUT2D eigenvalue weighted by Crippen LogP contribution is 2.35. The Morgan fingerprint density at radius 1 is 1.29 bits per heavy atom. The zero-order valence-corrected chi connectivity index (χ0v) is 10.5. The third-order valence-corrected chi connectivity index (χ3v) is 4.00. The molecule has 1 fully saturated rings. The summed E-state index contributed by atoms with van der Waals surface area (Å²) in [5.74, 6) is 1.00. The maximum Gasteiger partial charge on any atom is 0.168 e. The van der Waals surface area contributed by atoms with Crippen LogP contribution >= 0.6 is 0 Å². The van der Waals surface area contributed by atoms with Crippen molar-refractivity contribution in [1.29, 1.82) is 0 Å². The number of anilines is 1. The lowest BCUT2D eigenvalue weighted by atomic mass is 9.74. The Kier molecular flexibility index (Phi) is 3.82. The molecule has 1 saturated carbocycles. The van der Waals surface area contributed by atoms with E-state index in [1.165, 1.54) is 19.3 Å². The van der Waals surface area contributed by atoms with E-state index in [1.807, 2.05) is 24.3 Å². The van der Waals surface area contributed by atoms with E-state index in [2.05, 4.69) is 6.92 Å². The fraction of sp³-hybridized carbons (Fsp3) is 0.533. The molecule has 2 N–H and O–H groups in total. The summed E-state index contributed by atoms with van der Waals surface area (Å²) in [6, 6.07) is 7.45. The van der Waals surface area contributed by atoms with Crippen LogP contribution in [0.25, 0.3) is 0 Å². The van der Waals surface area contributed by atoms with Crippen LogP contribution in [0.15, 0.2) is 24.3 Å². The lowest BCUT2D eigenvalue weighted by molar-refractivity contribution is 0.0821. The second kappa shape index (κ2) is 5.35. The Hall–Kier alpha value is -1.31. The number of benzene rings is 1. The molecule has 0 bridgehead atoms. The van der Waals surface area contributed by atoms with Crippen molar-refractivity contribution in [3.05, 3.63) is 29.8 Å². The summed E-state index contributed by atoms with van der Waals surface area (Å²) in [6.07, 6.45) is 5.78. The molecular formula is C15H21NO. The molecule has 92 valence electrons. The third kappa shape index (κ3) is 2.51. The van der Waals surface area contributed by atoms with Gasteiger partial charge in [0.15, 0.2) is 5.78 Å². The maximum atomic E-state index is 12.5. The number of carbonyl (C=O) groups is 1. The summed E-state index contributed by atoms with van der Waals surface area (Å²) in [5, 5.41) is 0. The van der Waals surface area contributed by atoms with Gasteiger partial charge in [0.2, 0.25) is 0 Å². The lowest BCUT2D eigenvalue weighted by Crippen LogP contribution is -2.27. The van der Waals surface area contributed by atoms with Gasteiger partial charge in [0.25, 0.3) is 0 Å². The first-order valence-electron chi connectivity index (χ1n) is 6.62. The van der Waals surface area contributed by atoms with Crippen molar-refractivity contribution < 1.29 is 4.79 Å². The molecule has 1 aromatic rings. The topological polar surface area (TPSA) is 43.1 Å². The Balaban J connectivity index is 2.21. The Bertz CT molecular complexity index is 400. The van der Waals surface area contributed by atoms with E-state index in [0.717, 1.165) is 18.4 Å². The second-order valence-electron chi connectivity index (χ2n) is 5.01. The van der Waals surface area contributed by atoms with Crippen LogP contribution in [0.4, 0.5) is 5.69 Å². The summed E-state index contributed by atoms with van der Waals surface area (Å²) in [4.78, 5) is 12.5. The van der Waals surface area contributed by atoms with Gasteiger partial charge in [0.05, 0.1) is 0 Å². The molecule has 1 aliphatic carbocycles. The summed E-state index contributed by atoms with van der Waals surface area (Å²) in [5.41, 5.74) is 7.24. The van der Waals surface area contributed by atoms with E-state index in [9.17, 15) is 4.79 Å². The van der Waals surface area contributed by atoms with Crippen LogP contribution < -0.4 is 5.73 Å². The van der Waals surface area contributed by atoms with Crippen molar-refractivity contribution >= 4 is 11.5 Å². The van der Waals surface area contributed by atoms with Gasteiger partial charge in [0, 0.05) is 17.2 Å². The first-order valence-corrected chi connectivity index (χ1v) is 6.62. The quantitative estimate of drug-likeness (QED) is 0.637. The number of Topliss-reactive ketones (excluding diaryl/α,β-unsaturated/α-hetero) is 1. The number of hydrogen-bond donors (Lipinski definition) is 1. The SMILES string of the molecule is CCC1CCCCC1C(=O)c1ccccc1N. The molecule has 2 nitrogen and oxygen atoms in total. The molecule has 2 atom stereocenters. The number of para-hydroxylation sites is 1. The molecule has 1 aliphatic rings. The zero-order chi connectivity index (χ0) is 12.3. The van der Waals surface area contributed by atoms with Crippen molar-refractivity contribution in [1.82, 2.24) is 0 Å². The first-order chi connectivity index (χ1) is 8.24. The van der Waals surface area contributed by atoms with Crippen molar-refractivity contribution in [2.45, 2.75) is 39.0 Å². The lowest BCUT2D eigenvalue weighted by Gasteiger charge is -2.29. The van der Waals surface area contributed by atoms with E-state index in [4.69, 9.17) is 5.73 Å². The minimum absolute atomic E-state index is 0.193. The second-order valence-corrected chi connectivity index (χ2v) is 5.01. The van der Waals surface area contributed by atoms with E-state index in [1.54, 1.807) is 0 Å². The molecule has 0 radical (unpaired) electrons. The number of hydrogen-bond acceptors (Lipinski definition) is 2. The number of ketones is 1. The van der Waals surface area contributed by atoms with Crippen LogP contribution in [0.5, 0.6) is 0 Å². The average molecular weight is 231 g/mol. The van der Waals surface area contributed by atoms with Gasteiger partial charge < -0.3 is 5.73 Å². The normalized spacial score (nSPS) is 24.5. The Morgan fingerprint density at radius 2 is 2.00 bits per heavy atom. The molecule has 0 aliphatic heterocycles. The fourth-order valence-electron chi connectivity index (χ4n) is 2.96. The number of rotatable bonds is 3. The third-order valence-electron chi connectivity index (χ3n) is 4.00. The van der Waals surface area contributed by atoms with Gasteiger partial charge in [-0.25, -0.2) is 0 Å². The molecule has 2 heteroatoms. The number of nitrogen functional groups attached to an aromatic ring is 1. The number of carbonyl (C=O) groups excluding carboxylic acids is 1. The molecule has 0 heterocycles. The molecule has 2 rings (SSSR count). The van der Waals surface area contributed by atoms with Crippen LogP contribution in [-0.4, -0.2) is 5.78 Å². The average Bonchev–Trinajstić information content (AvgIpc) is 2.38. The highest BCUT2D eigenvalue weighted by atomic mass is 16.1. The van der Waals surface area contributed by atoms with Crippen molar-refractivity contribution in [2.24, 2.45) is 11.8 Å². The standard InChI is InChI=1S/C15H21NO/c1-2-11-7-3-4-8-12(11)15(17)13-9-5-6-10-14(13)16/h5-6,9-12H,2-4,7-8,16H2,1H3. The smallest absolute Gasteiger partial charge is 0.168 e. The predicted octanol–water partition coefficient (Wildman–Crippen LogP) is 3.67. The molecule has 0 saturated heterocycles. The van der Waals surface area contributed by atoms with Crippen LogP contribution in [-0.2, 0) is 0 Å². The fourth-order valence-corrected chi connectivity index (χ4v) is 2.96. The van der Waals surface area contributed by atoms with Gasteiger partial charge in [-0.1, -0.05) is 38.3 Å². The largest absolute Gasteiger partial charge is 0.398 e. The van der Waals surface area contributed by atoms with E-state index < -0.39 is 0 Å². The number of nitrogens with two attached hydrogens (primary N) is 1. The van der Waals surface area contributed by atoms with E-state index in [-0.39, 0.29) is 11.7 Å². The minimum atomic E-state index is 0.193. The predicted molar refractivity (Wildman–Crippen MR) is 70.9 cm³/mol. The summed E-state index contributed by atoms with van der Waals surface area (Å²) >= 11 is 0. The van der Waals surface area contributed by atoms with Crippen LogP contribution in [0, 0.1) is 11.8 Å². The van der Waals surface area contributed by atoms with Gasteiger partial charge in [0.1, 0.15) is 0 Å². The van der Waals surface area contributed by atoms with Gasteiger partial charge in [-0.05, 0) is 30.9 Å². The van der Waals surface area contributed by atoms with Crippen LogP contribution in [0.1, 0.15) is 49.4 Å². The van der Waals surface area contributed by atoms with Gasteiger partial charge >= 0.3 is 0 Å². The maximum absolute atomic E-state index is 12.5.